The molecule has 0 aromatic carbocycles. The van der Waals surface area contributed by atoms with Gasteiger partial charge in [-0.3, -0.25) is 9.59 Å². The molecule has 0 N–H and O–H groups in total. The van der Waals surface area contributed by atoms with Crippen molar-refractivity contribution in [1.29, 1.82) is 0 Å². The smallest absolute Gasteiger partial charge is 0.306 e. The van der Waals surface area contributed by atoms with Crippen LogP contribution in [0.1, 0.15) is 296 Å². The number of esters is 2. The molecule has 0 aromatic heterocycles. The monoisotopic (exact) mass is 1190 g/mol. The summed E-state index contributed by atoms with van der Waals surface area (Å²) in [5, 5.41) is 11.8. The largest absolute Gasteiger partial charge is 0.545 e. The highest BCUT2D eigenvalue weighted by atomic mass is 16.7. The second-order valence-corrected chi connectivity index (χ2v) is 24.4. The SMILES string of the molecule is CC/C=C\C/C=C\C/C=C\C/C=C\C/C=C\C/C=C\C/C=C\C/C=C\CCCCC(=O)OC(COC(=O)CCCCCCCCCCCCCCCCCCCCCCC/C=C\CCCCCCCCCC)COC(OCC[N+](C)(C)C)C(=O)[O-]. The molecule has 0 fully saturated rings. The van der Waals surface area contributed by atoms with Crippen LogP contribution >= 0.6 is 0 Å². The van der Waals surface area contributed by atoms with Crippen LogP contribution in [0.15, 0.2) is 109 Å². The first-order chi connectivity index (χ1) is 41.6. The molecule has 0 aliphatic carbocycles. The zero-order valence-electron chi connectivity index (χ0n) is 55.7. The summed E-state index contributed by atoms with van der Waals surface area (Å²) in [7, 11) is 5.91. The average molecular weight is 1190 g/mol. The number of carboxylic acids is 1. The maximum absolute atomic E-state index is 12.9. The number of allylic oxidation sites excluding steroid dienone is 18. The van der Waals surface area contributed by atoms with Crippen LogP contribution in [0.3, 0.4) is 0 Å². The lowest BCUT2D eigenvalue weighted by Gasteiger charge is -2.26. The molecule has 85 heavy (non-hydrogen) atoms. The number of nitrogens with zero attached hydrogens (tertiary/aromatic N) is 1. The Balaban J connectivity index is 4.17. The fraction of sp³-hybridized carbons (Fsp3) is 0.724. The Bertz CT molecular complexity index is 1760. The van der Waals surface area contributed by atoms with E-state index in [1.165, 1.54) is 180 Å². The van der Waals surface area contributed by atoms with Crippen molar-refractivity contribution in [2.24, 2.45) is 0 Å². The Morgan fingerprint density at radius 2 is 0.671 bits per heavy atom. The number of likely N-dealkylation sites (N-methyl/N-ethyl adjacent to an activating group) is 1. The summed E-state index contributed by atoms with van der Waals surface area (Å²) in [6.45, 7) is 4.60. The first kappa shape index (κ1) is 81.0. The standard InChI is InChI=1S/C76H131NO8/c1-6-8-10-12-14-16-18-20-22-24-26-28-30-32-34-35-36-37-38-39-41-42-44-46-48-50-52-54-56-58-60-62-64-66-73(78)83-70-72(71-84-76(75(80)81)82-69-68-77(3,4)5)85-74(79)67-65-63-61-59-57-55-53-51-49-47-45-43-40-33-31-29-27-25-23-21-19-17-15-13-11-9-7-2/h9,11,15,17,21,23-24,26-27,29,33,40,45,47,51,53,57,59,72,76H,6-8,10,12-14,16,18-20,22,25,28,30-32,34-39,41-44,46,48-50,52,54-56,58,60-71H2,1-5H3/b11-9-,17-15-,23-21-,26-24-,29-27-,40-33-,47-45-,53-51-,59-57-. The number of carbonyl (C=O) groups excluding carboxylic acids is 3. The Kier molecular flexibility index (Phi) is 62.8. The molecule has 0 radical (unpaired) electrons. The van der Waals surface area contributed by atoms with Gasteiger partial charge in [0.1, 0.15) is 13.2 Å². The molecule has 0 aromatic rings. The average Bonchev–Trinajstić information content (AvgIpc) is 3.48. The summed E-state index contributed by atoms with van der Waals surface area (Å²) < 4.78 is 22.7. The van der Waals surface area contributed by atoms with Gasteiger partial charge in [0.2, 0.25) is 0 Å². The zero-order chi connectivity index (χ0) is 61.9. The molecule has 0 aliphatic heterocycles. The molecule has 9 nitrogen and oxygen atoms in total. The van der Waals surface area contributed by atoms with Crippen molar-refractivity contribution in [1.82, 2.24) is 0 Å². The van der Waals surface area contributed by atoms with Gasteiger partial charge in [0, 0.05) is 12.8 Å². The van der Waals surface area contributed by atoms with Gasteiger partial charge >= 0.3 is 11.9 Å². The summed E-state index contributed by atoms with van der Waals surface area (Å²) in [6.07, 6.45) is 89.0. The molecule has 2 atom stereocenters. The summed E-state index contributed by atoms with van der Waals surface area (Å²) in [5.74, 6) is -2.34. The van der Waals surface area contributed by atoms with E-state index in [1.807, 2.05) is 21.1 Å². The maximum atomic E-state index is 12.9. The van der Waals surface area contributed by atoms with E-state index in [4.69, 9.17) is 18.9 Å². The quantitative estimate of drug-likeness (QED) is 0.0195. The van der Waals surface area contributed by atoms with Gasteiger partial charge in [-0.25, -0.2) is 0 Å². The van der Waals surface area contributed by atoms with Crippen LogP contribution in [-0.2, 0) is 33.3 Å². The number of carbonyl (C=O) groups is 3. The molecule has 9 heteroatoms. The number of aliphatic carboxylic acids is 1. The highest BCUT2D eigenvalue weighted by molar-refractivity contribution is 5.70. The van der Waals surface area contributed by atoms with E-state index in [1.54, 1.807) is 0 Å². The van der Waals surface area contributed by atoms with Crippen LogP contribution in [0, 0.1) is 0 Å². The van der Waals surface area contributed by atoms with Crippen LogP contribution in [0.4, 0.5) is 0 Å². The lowest BCUT2D eigenvalue weighted by molar-refractivity contribution is -0.870. The van der Waals surface area contributed by atoms with Gasteiger partial charge in [-0.2, -0.15) is 0 Å². The van der Waals surface area contributed by atoms with E-state index in [9.17, 15) is 19.5 Å². The van der Waals surface area contributed by atoms with Crippen molar-refractivity contribution >= 4 is 17.9 Å². The number of unbranched alkanes of at least 4 members (excludes halogenated alkanes) is 31. The molecule has 2 unspecified atom stereocenters. The van der Waals surface area contributed by atoms with Gasteiger partial charge in [-0.1, -0.05) is 290 Å². The lowest BCUT2D eigenvalue weighted by atomic mass is 10.0. The molecular weight excluding hydrogens is 1050 g/mol. The van der Waals surface area contributed by atoms with Crippen molar-refractivity contribution in [2.45, 2.75) is 309 Å². The molecule has 488 valence electrons. The highest BCUT2D eigenvalue weighted by Crippen LogP contribution is 2.17. The number of hydrogen-bond acceptors (Lipinski definition) is 8. The molecule has 0 rings (SSSR count). The summed E-state index contributed by atoms with van der Waals surface area (Å²) in [5.41, 5.74) is 0. The van der Waals surface area contributed by atoms with Gasteiger partial charge in [0.15, 0.2) is 12.4 Å². The fourth-order valence-corrected chi connectivity index (χ4v) is 9.67. The summed E-state index contributed by atoms with van der Waals surface area (Å²) >= 11 is 0. The van der Waals surface area contributed by atoms with Crippen LogP contribution in [0.2, 0.25) is 0 Å². The van der Waals surface area contributed by atoms with E-state index in [-0.39, 0.29) is 38.6 Å². The van der Waals surface area contributed by atoms with E-state index in [0.29, 0.717) is 17.4 Å². The van der Waals surface area contributed by atoms with Crippen LogP contribution in [0.5, 0.6) is 0 Å². The second kappa shape index (κ2) is 65.9. The normalized spacial score (nSPS) is 13.4. The second-order valence-electron chi connectivity index (χ2n) is 24.4. The number of quaternary nitrogens is 1. The molecule has 0 saturated heterocycles. The van der Waals surface area contributed by atoms with Gasteiger partial charge in [-0.05, 0) is 103 Å². The minimum Gasteiger partial charge on any atom is -0.545 e. The van der Waals surface area contributed by atoms with E-state index in [0.717, 1.165) is 83.5 Å². The first-order valence-corrected chi connectivity index (χ1v) is 35.0. The molecule has 0 heterocycles. The third kappa shape index (κ3) is 67.3. The van der Waals surface area contributed by atoms with Crippen molar-refractivity contribution in [3.8, 4) is 0 Å². The molecule has 0 amide bonds. The molecule has 0 bridgehead atoms. The van der Waals surface area contributed by atoms with Gasteiger partial charge in [0.25, 0.3) is 0 Å². The highest BCUT2D eigenvalue weighted by Gasteiger charge is 2.22. The van der Waals surface area contributed by atoms with Crippen molar-refractivity contribution in [3.63, 3.8) is 0 Å². The van der Waals surface area contributed by atoms with Gasteiger partial charge in [-0.15, -0.1) is 0 Å². The zero-order valence-corrected chi connectivity index (χ0v) is 55.7. The molecule has 0 saturated carbocycles. The maximum Gasteiger partial charge on any atom is 0.306 e. The molecule has 0 spiro atoms. The Labute approximate surface area is 524 Å². The minimum atomic E-state index is -1.64. The van der Waals surface area contributed by atoms with Crippen LogP contribution < -0.4 is 5.11 Å². The Morgan fingerprint density at radius 3 is 1.04 bits per heavy atom. The summed E-state index contributed by atoms with van der Waals surface area (Å²) in [4.78, 5) is 37.5. The third-order valence-corrected chi connectivity index (χ3v) is 15.0. The number of carboxylic acid groups (broad SMARTS) is 1. The Morgan fingerprint density at radius 1 is 0.365 bits per heavy atom. The fourth-order valence-electron chi connectivity index (χ4n) is 9.67. The summed E-state index contributed by atoms with van der Waals surface area (Å²) in [6, 6.07) is 0. The van der Waals surface area contributed by atoms with E-state index < -0.39 is 24.3 Å². The van der Waals surface area contributed by atoms with E-state index >= 15 is 0 Å². The predicted octanol–water partition coefficient (Wildman–Crippen LogP) is 20.5. The lowest BCUT2D eigenvalue weighted by Crippen LogP contribution is -2.44. The van der Waals surface area contributed by atoms with Crippen molar-refractivity contribution in [2.75, 3.05) is 47.5 Å². The van der Waals surface area contributed by atoms with E-state index in [2.05, 4.69) is 123 Å². The van der Waals surface area contributed by atoms with Crippen LogP contribution in [-0.4, -0.2) is 82.3 Å². The molecule has 0 aliphatic rings. The van der Waals surface area contributed by atoms with Crippen molar-refractivity contribution in [3.05, 3.63) is 109 Å². The van der Waals surface area contributed by atoms with Crippen LogP contribution in [0.25, 0.3) is 0 Å². The Hall–Kier alpha value is -4.05. The van der Waals surface area contributed by atoms with Gasteiger partial charge in [0.05, 0.1) is 40.3 Å². The van der Waals surface area contributed by atoms with Crippen molar-refractivity contribution < 1.29 is 42.9 Å². The number of ether oxygens (including phenoxy) is 4. The minimum absolute atomic E-state index is 0.134. The first-order valence-electron chi connectivity index (χ1n) is 35.0. The topological polar surface area (TPSA) is 111 Å². The van der Waals surface area contributed by atoms with Gasteiger partial charge < -0.3 is 33.3 Å². The number of hydrogen-bond donors (Lipinski definition) is 0. The number of rotatable bonds is 64. The third-order valence-electron chi connectivity index (χ3n) is 15.0. The molecular formula is C76H131NO8. The predicted molar refractivity (Wildman–Crippen MR) is 361 cm³/mol.